The molecule has 0 fully saturated rings. The Morgan fingerprint density at radius 1 is 1.60 bits per heavy atom. The molecule has 2 nitrogen and oxygen atoms in total. The summed E-state index contributed by atoms with van der Waals surface area (Å²) in [6.07, 6.45) is 3.25. The Morgan fingerprint density at radius 3 is 2.60 bits per heavy atom. The van der Waals surface area contributed by atoms with Gasteiger partial charge in [0.05, 0.1) is 13.8 Å². The van der Waals surface area contributed by atoms with Gasteiger partial charge in [-0.3, -0.25) is 4.79 Å². The van der Waals surface area contributed by atoms with Crippen LogP contribution in [0.2, 0.25) is 6.32 Å². The fraction of sp³-hybridized carbons (Fsp3) is 0.857. The van der Waals surface area contributed by atoms with Crippen LogP contribution < -0.4 is 0 Å². The lowest BCUT2D eigenvalue weighted by atomic mass is 9.96. The standard InChI is InChI=1S/C7H13BO2/c1-6(7(9)10)4-2-3-5-8/h6H,2-5H2,1H3,(H,9,10). The summed E-state index contributed by atoms with van der Waals surface area (Å²) >= 11 is 0. The molecule has 1 N–H and O–H groups in total. The molecule has 1 unspecified atom stereocenters. The van der Waals surface area contributed by atoms with Crippen LogP contribution >= 0.6 is 0 Å². The number of aliphatic carboxylic acids is 1. The van der Waals surface area contributed by atoms with E-state index >= 15 is 0 Å². The number of carbonyl (C=O) groups is 1. The maximum atomic E-state index is 10.3. The van der Waals surface area contributed by atoms with E-state index in [1.807, 2.05) is 0 Å². The smallest absolute Gasteiger partial charge is 0.306 e. The fourth-order valence-corrected chi connectivity index (χ4v) is 0.718. The van der Waals surface area contributed by atoms with Crippen molar-refractivity contribution in [1.29, 1.82) is 0 Å². The van der Waals surface area contributed by atoms with Gasteiger partial charge in [-0.2, -0.15) is 0 Å². The topological polar surface area (TPSA) is 37.3 Å². The molecule has 0 rings (SSSR count). The van der Waals surface area contributed by atoms with Crippen LogP contribution in [0.1, 0.15) is 26.2 Å². The molecule has 1 atom stereocenters. The largest absolute Gasteiger partial charge is 0.481 e. The van der Waals surface area contributed by atoms with Crippen LogP contribution in [-0.2, 0) is 4.79 Å². The molecular weight excluding hydrogens is 127 g/mol. The van der Waals surface area contributed by atoms with Crippen LogP contribution in [0.25, 0.3) is 0 Å². The van der Waals surface area contributed by atoms with Gasteiger partial charge in [-0.05, 0) is 6.42 Å². The first-order valence-electron chi connectivity index (χ1n) is 3.61. The highest BCUT2D eigenvalue weighted by molar-refractivity contribution is 6.08. The molecule has 0 saturated heterocycles. The van der Waals surface area contributed by atoms with E-state index in [1.165, 1.54) is 0 Å². The summed E-state index contributed by atoms with van der Waals surface area (Å²) in [6, 6.07) is 0. The van der Waals surface area contributed by atoms with Gasteiger partial charge in [-0.15, -0.1) is 0 Å². The van der Waals surface area contributed by atoms with Crippen molar-refractivity contribution in [2.24, 2.45) is 5.92 Å². The monoisotopic (exact) mass is 140 g/mol. The van der Waals surface area contributed by atoms with Gasteiger partial charge >= 0.3 is 5.97 Å². The molecular formula is C7H13BO2. The summed E-state index contributed by atoms with van der Waals surface area (Å²) < 4.78 is 0. The van der Waals surface area contributed by atoms with Gasteiger partial charge in [0.1, 0.15) is 0 Å². The number of unbranched alkanes of at least 4 members (excludes halogenated alkanes) is 1. The molecule has 0 aromatic carbocycles. The molecule has 3 heteroatoms. The molecule has 0 aliphatic heterocycles. The van der Waals surface area contributed by atoms with E-state index in [4.69, 9.17) is 13.0 Å². The number of hydrogen-bond acceptors (Lipinski definition) is 1. The minimum absolute atomic E-state index is 0.216. The van der Waals surface area contributed by atoms with Crippen LogP contribution in [0, 0.1) is 5.92 Å². The Hall–Kier alpha value is -0.465. The predicted molar refractivity (Wildman–Crippen MR) is 41.2 cm³/mol. The van der Waals surface area contributed by atoms with Crippen LogP contribution in [0.15, 0.2) is 0 Å². The predicted octanol–water partition coefficient (Wildman–Crippen LogP) is 1.46. The Morgan fingerprint density at radius 2 is 2.20 bits per heavy atom. The molecule has 0 aromatic heterocycles. The Labute approximate surface area is 63.0 Å². The minimum Gasteiger partial charge on any atom is -0.481 e. The third-order valence-corrected chi connectivity index (χ3v) is 1.51. The molecule has 0 heterocycles. The maximum absolute atomic E-state index is 10.3. The highest BCUT2D eigenvalue weighted by Crippen LogP contribution is 2.08. The SMILES string of the molecule is [B]CCCCC(C)C(=O)O. The second-order valence-electron chi connectivity index (χ2n) is 2.52. The molecule has 0 aliphatic carbocycles. The molecule has 0 amide bonds. The van der Waals surface area contributed by atoms with Crippen LogP contribution in [0.4, 0.5) is 0 Å². The first-order valence-corrected chi connectivity index (χ1v) is 3.61. The van der Waals surface area contributed by atoms with Crippen molar-refractivity contribution in [3.8, 4) is 0 Å². The highest BCUT2D eigenvalue weighted by atomic mass is 16.4. The molecule has 56 valence electrons. The molecule has 0 aromatic rings. The lowest BCUT2D eigenvalue weighted by Gasteiger charge is -2.03. The summed E-state index contributed by atoms with van der Waals surface area (Å²) in [7, 11) is 5.24. The number of carboxylic acid groups (broad SMARTS) is 1. The van der Waals surface area contributed by atoms with E-state index < -0.39 is 5.97 Å². The van der Waals surface area contributed by atoms with E-state index in [2.05, 4.69) is 0 Å². The zero-order valence-electron chi connectivity index (χ0n) is 6.34. The van der Waals surface area contributed by atoms with Gasteiger partial charge in [0, 0.05) is 0 Å². The van der Waals surface area contributed by atoms with Crippen molar-refractivity contribution in [2.45, 2.75) is 32.5 Å². The van der Waals surface area contributed by atoms with Crippen molar-refractivity contribution >= 4 is 13.8 Å². The van der Waals surface area contributed by atoms with E-state index in [0.29, 0.717) is 6.32 Å². The Bertz CT molecular complexity index is 104. The second kappa shape index (κ2) is 5.33. The molecule has 10 heavy (non-hydrogen) atoms. The zero-order chi connectivity index (χ0) is 7.98. The zero-order valence-corrected chi connectivity index (χ0v) is 6.34. The van der Waals surface area contributed by atoms with Gasteiger partial charge < -0.3 is 5.11 Å². The molecule has 2 radical (unpaired) electrons. The number of hydrogen-bond donors (Lipinski definition) is 1. The van der Waals surface area contributed by atoms with Crippen molar-refractivity contribution < 1.29 is 9.90 Å². The molecule has 0 spiro atoms. The van der Waals surface area contributed by atoms with Crippen molar-refractivity contribution in [1.82, 2.24) is 0 Å². The first-order chi connectivity index (χ1) is 4.68. The lowest BCUT2D eigenvalue weighted by Crippen LogP contribution is -2.08. The van der Waals surface area contributed by atoms with Crippen LogP contribution in [0.3, 0.4) is 0 Å². The van der Waals surface area contributed by atoms with E-state index in [-0.39, 0.29) is 5.92 Å². The lowest BCUT2D eigenvalue weighted by molar-refractivity contribution is -0.141. The normalized spacial score (nSPS) is 12.9. The number of carboxylic acids is 1. The van der Waals surface area contributed by atoms with Crippen molar-refractivity contribution in [2.75, 3.05) is 0 Å². The summed E-state index contributed by atoms with van der Waals surface area (Å²) in [5.41, 5.74) is 0. The summed E-state index contributed by atoms with van der Waals surface area (Å²) in [5, 5.41) is 8.45. The minimum atomic E-state index is -0.711. The van der Waals surface area contributed by atoms with E-state index in [0.717, 1.165) is 19.3 Å². The van der Waals surface area contributed by atoms with Gasteiger partial charge in [0.2, 0.25) is 0 Å². The Kier molecular flexibility index (Phi) is 5.08. The van der Waals surface area contributed by atoms with Gasteiger partial charge in [-0.1, -0.05) is 26.1 Å². The van der Waals surface area contributed by atoms with E-state index in [9.17, 15) is 4.79 Å². The second-order valence-corrected chi connectivity index (χ2v) is 2.52. The van der Waals surface area contributed by atoms with Gasteiger partial charge in [0.15, 0.2) is 0 Å². The summed E-state index contributed by atoms with van der Waals surface area (Å²) in [6.45, 7) is 1.72. The maximum Gasteiger partial charge on any atom is 0.306 e. The molecule has 0 saturated carbocycles. The first kappa shape index (κ1) is 9.53. The highest BCUT2D eigenvalue weighted by Gasteiger charge is 2.08. The summed E-state index contributed by atoms with van der Waals surface area (Å²) in [4.78, 5) is 10.3. The average Bonchev–Trinajstić information content (AvgIpc) is 1.88. The van der Waals surface area contributed by atoms with E-state index in [1.54, 1.807) is 6.92 Å². The van der Waals surface area contributed by atoms with Crippen molar-refractivity contribution in [3.05, 3.63) is 0 Å². The molecule has 0 aliphatic rings. The van der Waals surface area contributed by atoms with Gasteiger partial charge in [0.25, 0.3) is 0 Å². The quantitative estimate of drug-likeness (QED) is 0.463. The average molecular weight is 140 g/mol. The molecule has 0 bridgehead atoms. The van der Waals surface area contributed by atoms with Gasteiger partial charge in [-0.25, -0.2) is 0 Å². The number of rotatable bonds is 5. The third kappa shape index (κ3) is 4.42. The van der Waals surface area contributed by atoms with Crippen LogP contribution in [0.5, 0.6) is 0 Å². The Balaban J connectivity index is 3.21. The van der Waals surface area contributed by atoms with Crippen LogP contribution in [-0.4, -0.2) is 18.9 Å². The third-order valence-electron chi connectivity index (χ3n) is 1.51. The van der Waals surface area contributed by atoms with Crippen molar-refractivity contribution in [3.63, 3.8) is 0 Å². The summed E-state index contributed by atoms with van der Waals surface area (Å²) in [5.74, 6) is -0.927. The fourth-order valence-electron chi connectivity index (χ4n) is 0.718.